The Labute approximate surface area is 159 Å². The van der Waals surface area contributed by atoms with E-state index in [1.807, 2.05) is 6.07 Å². The fourth-order valence-corrected chi connectivity index (χ4v) is 3.44. The predicted molar refractivity (Wildman–Crippen MR) is 103 cm³/mol. The standard InChI is InChI=1S/C20H25N5O2/c1-24(2)17(26)13-25-10-4-7-16(12-25)19-18(22-8-9-23-19)14-5-3-6-15(11-14)20(21)27/h3,5-6,8-9,11,16H,4,7,10,12-13H2,1-2H3,(H2,21,27)/t16-/m1/s1. The van der Waals surface area contributed by atoms with Crippen LogP contribution in [0.5, 0.6) is 0 Å². The molecule has 0 aliphatic carbocycles. The molecule has 1 fully saturated rings. The van der Waals surface area contributed by atoms with Crippen LogP contribution in [0.3, 0.4) is 0 Å². The largest absolute Gasteiger partial charge is 0.366 e. The first kappa shape index (κ1) is 19.0. The summed E-state index contributed by atoms with van der Waals surface area (Å²) in [5.41, 5.74) is 8.37. The summed E-state index contributed by atoms with van der Waals surface area (Å²) < 4.78 is 0. The van der Waals surface area contributed by atoms with E-state index in [1.165, 1.54) is 0 Å². The summed E-state index contributed by atoms with van der Waals surface area (Å²) >= 11 is 0. The maximum atomic E-state index is 12.1. The number of primary amides is 1. The molecule has 142 valence electrons. The molecule has 27 heavy (non-hydrogen) atoms. The maximum Gasteiger partial charge on any atom is 0.248 e. The third-order valence-electron chi connectivity index (χ3n) is 4.90. The minimum absolute atomic E-state index is 0.101. The number of hydrogen-bond acceptors (Lipinski definition) is 5. The Morgan fingerprint density at radius 1 is 1.26 bits per heavy atom. The van der Waals surface area contributed by atoms with E-state index in [9.17, 15) is 9.59 Å². The molecule has 7 heteroatoms. The third-order valence-corrected chi connectivity index (χ3v) is 4.90. The lowest BCUT2D eigenvalue weighted by atomic mass is 9.91. The molecular formula is C20H25N5O2. The third kappa shape index (κ3) is 4.49. The zero-order valence-electron chi connectivity index (χ0n) is 15.8. The van der Waals surface area contributed by atoms with Gasteiger partial charge in [-0.15, -0.1) is 0 Å². The SMILES string of the molecule is CN(C)C(=O)CN1CCC[C@@H](c2nccnc2-c2cccc(C(N)=O)c2)C1. The highest BCUT2D eigenvalue weighted by Gasteiger charge is 2.26. The summed E-state index contributed by atoms with van der Waals surface area (Å²) in [6.45, 7) is 2.08. The van der Waals surface area contributed by atoms with Gasteiger partial charge in [-0.05, 0) is 31.5 Å². The average molecular weight is 367 g/mol. The van der Waals surface area contributed by atoms with E-state index in [-0.39, 0.29) is 11.8 Å². The van der Waals surface area contributed by atoms with Gasteiger partial charge in [-0.25, -0.2) is 0 Å². The number of aromatic nitrogens is 2. The van der Waals surface area contributed by atoms with E-state index in [4.69, 9.17) is 5.73 Å². The molecule has 2 heterocycles. The molecule has 0 bridgehead atoms. The first-order valence-corrected chi connectivity index (χ1v) is 9.09. The summed E-state index contributed by atoms with van der Waals surface area (Å²) in [6, 6.07) is 7.16. The van der Waals surface area contributed by atoms with Gasteiger partial charge in [0.15, 0.2) is 0 Å². The topological polar surface area (TPSA) is 92.4 Å². The van der Waals surface area contributed by atoms with Crippen molar-refractivity contribution in [3.63, 3.8) is 0 Å². The van der Waals surface area contributed by atoms with Crippen molar-refractivity contribution in [1.82, 2.24) is 19.8 Å². The highest BCUT2D eigenvalue weighted by molar-refractivity contribution is 5.94. The zero-order valence-corrected chi connectivity index (χ0v) is 15.8. The van der Waals surface area contributed by atoms with Gasteiger partial charge >= 0.3 is 0 Å². The lowest BCUT2D eigenvalue weighted by Crippen LogP contribution is -2.41. The van der Waals surface area contributed by atoms with Crippen molar-refractivity contribution in [2.45, 2.75) is 18.8 Å². The Balaban J connectivity index is 1.86. The smallest absolute Gasteiger partial charge is 0.248 e. The number of carbonyl (C=O) groups is 2. The molecule has 1 aliphatic rings. The van der Waals surface area contributed by atoms with Gasteiger partial charge in [-0.1, -0.05) is 12.1 Å². The van der Waals surface area contributed by atoms with Gasteiger partial charge in [0.25, 0.3) is 0 Å². The van der Waals surface area contributed by atoms with Crippen LogP contribution in [-0.2, 0) is 4.79 Å². The monoisotopic (exact) mass is 367 g/mol. The molecule has 1 aliphatic heterocycles. The first-order valence-electron chi connectivity index (χ1n) is 9.09. The maximum absolute atomic E-state index is 12.1. The number of hydrogen-bond donors (Lipinski definition) is 1. The number of nitrogens with zero attached hydrogens (tertiary/aromatic N) is 4. The van der Waals surface area contributed by atoms with Crippen LogP contribution in [0.25, 0.3) is 11.3 Å². The van der Waals surface area contributed by atoms with Crippen LogP contribution in [0.2, 0.25) is 0 Å². The van der Waals surface area contributed by atoms with Crippen LogP contribution >= 0.6 is 0 Å². The van der Waals surface area contributed by atoms with Gasteiger partial charge in [-0.2, -0.15) is 0 Å². The van der Waals surface area contributed by atoms with Crippen LogP contribution in [0, 0.1) is 0 Å². The van der Waals surface area contributed by atoms with Gasteiger partial charge in [0.05, 0.1) is 17.9 Å². The van der Waals surface area contributed by atoms with Crippen molar-refractivity contribution in [2.24, 2.45) is 5.73 Å². The van der Waals surface area contributed by atoms with Crippen molar-refractivity contribution in [1.29, 1.82) is 0 Å². The molecule has 3 rings (SSSR count). The number of rotatable bonds is 5. The molecule has 2 N–H and O–H groups in total. The molecule has 1 atom stereocenters. The van der Waals surface area contributed by atoms with Gasteiger partial charge in [0.1, 0.15) is 0 Å². The average Bonchev–Trinajstić information content (AvgIpc) is 2.68. The molecule has 0 radical (unpaired) electrons. The molecular weight excluding hydrogens is 342 g/mol. The number of piperidine rings is 1. The van der Waals surface area contributed by atoms with E-state index in [0.29, 0.717) is 12.1 Å². The molecule has 0 spiro atoms. The van der Waals surface area contributed by atoms with Crippen molar-refractivity contribution in [3.05, 3.63) is 47.9 Å². The Kier molecular flexibility index (Phi) is 5.81. The summed E-state index contributed by atoms with van der Waals surface area (Å²) in [6.07, 6.45) is 5.35. The normalized spacial score (nSPS) is 17.5. The quantitative estimate of drug-likeness (QED) is 0.865. The number of likely N-dealkylation sites (N-methyl/N-ethyl adjacent to an activating group) is 1. The lowest BCUT2D eigenvalue weighted by Gasteiger charge is -2.33. The minimum atomic E-state index is -0.465. The summed E-state index contributed by atoms with van der Waals surface area (Å²) in [7, 11) is 3.55. The van der Waals surface area contributed by atoms with Crippen molar-refractivity contribution >= 4 is 11.8 Å². The lowest BCUT2D eigenvalue weighted by molar-refractivity contribution is -0.130. The zero-order chi connectivity index (χ0) is 19.4. The van der Waals surface area contributed by atoms with E-state index >= 15 is 0 Å². The van der Waals surface area contributed by atoms with Crippen LogP contribution < -0.4 is 5.73 Å². The van der Waals surface area contributed by atoms with E-state index < -0.39 is 5.91 Å². The van der Waals surface area contributed by atoms with E-state index in [2.05, 4.69) is 14.9 Å². The van der Waals surface area contributed by atoms with E-state index in [1.54, 1.807) is 49.6 Å². The van der Waals surface area contributed by atoms with Crippen molar-refractivity contribution < 1.29 is 9.59 Å². The molecule has 7 nitrogen and oxygen atoms in total. The summed E-state index contributed by atoms with van der Waals surface area (Å²) in [5, 5.41) is 0. The molecule has 2 aromatic rings. The molecule has 1 aromatic heterocycles. The minimum Gasteiger partial charge on any atom is -0.366 e. The van der Waals surface area contributed by atoms with Crippen LogP contribution in [-0.4, -0.2) is 65.3 Å². The number of likely N-dealkylation sites (tertiary alicyclic amines) is 1. The van der Waals surface area contributed by atoms with Crippen molar-refractivity contribution in [2.75, 3.05) is 33.7 Å². The Hall–Kier alpha value is -2.80. The fraction of sp³-hybridized carbons (Fsp3) is 0.400. The second-order valence-corrected chi connectivity index (χ2v) is 7.10. The Morgan fingerprint density at radius 2 is 2.04 bits per heavy atom. The van der Waals surface area contributed by atoms with Gasteiger partial charge < -0.3 is 10.6 Å². The Bertz CT molecular complexity index is 837. The predicted octanol–water partition coefficient (Wildman–Crippen LogP) is 1.51. The van der Waals surface area contributed by atoms with Crippen molar-refractivity contribution in [3.8, 4) is 11.3 Å². The summed E-state index contributed by atoms with van der Waals surface area (Å²) in [5.74, 6) is -0.174. The molecule has 0 saturated carbocycles. The molecule has 0 unspecified atom stereocenters. The second-order valence-electron chi connectivity index (χ2n) is 7.10. The second kappa shape index (κ2) is 8.26. The van der Waals surface area contributed by atoms with Crippen LogP contribution in [0.4, 0.5) is 0 Å². The fourth-order valence-electron chi connectivity index (χ4n) is 3.44. The van der Waals surface area contributed by atoms with Crippen LogP contribution in [0.15, 0.2) is 36.7 Å². The first-order chi connectivity index (χ1) is 13.0. The highest BCUT2D eigenvalue weighted by Crippen LogP contribution is 2.32. The molecule has 1 aromatic carbocycles. The highest BCUT2D eigenvalue weighted by atomic mass is 16.2. The van der Waals surface area contributed by atoms with Gasteiger partial charge in [0.2, 0.25) is 11.8 Å². The molecule has 2 amide bonds. The number of nitrogens with two attached hydrogens (primary N) is 1. The number of benzene rings is 1. The van der Waals surface area contributed by atoms with Crippen LogP contribution in [0.1, 0.15) is 34.8 Å². The number of carbonyl (C=O) groups excluding carboxylic acids is 2. The number of amides is 2. The Morgan fingerprint density at radius 3 is 2.78 bits per heavy atom. The molecule has 1 saturated heterocycles. The van der Waals surface area contributed by atoms with E-state index in [0.717, 1.165) is 42.9 Å². The van der Waals surface area contributed by atoms with Gasteiger partial charge in [-0.3, -0.25) is 24.5 Å². The van der Waals surface area contributed by atoms with Gasteiger partial charge in [0, 0.05) is 50.1 Å². The summed E-state index contributed by atoms with van der Waals surface area (Å²) in [4.78, 5) is 36.5.